The van der Waals surface area contributed by atoms with E-state index in [0.717, 1.165) is 0 Å². The summed E-state index contributed by atoms with van der Waals surface area (Å²) in [4.78, 5) is 2.25. The number of piperazine rings is 1. The van der Waals surface area contributed by atoms with Crippen LogP contribution in [0.1, 0.15) is 17.5 Å². The van der Waals surface area contributed by atoms with Gasteiger partial charge in [0.25, 0.3) is 0 Å². The van der Waals surface area contributed by atoms with Gasteiger partial charge >= 0.3 is 0 Å². The molecule has 0 atom stereocenters. The summed E-state index contributed by atoms with van der Waals surface area (Å²) < 4.78 is 25.8. The van der Waals surface area contributed by atoms with Crippen LogP contribution in [0.25, 0.3) is 0 Å². The largest absolute Gasteiger partial charge is 0.396 e. The van der Waals surface area contributed by atoms with Crippen molar-refractivity contribution in [2.75, 3.05) is 43.4 Å². The molecular formula is C15H24N2O3S. The summed E-state index contributed by atoms with van der Waals surface area (Å²) in [5, 5.41) is 8.78. The number of aliphatic hydroxyl groups is 1. The van der Waals surface area contributed by atoms with Gasteiger partial charge in [0.15, 0.2) is 0 Å². The van der Waals surface area contributed by atoms with Crippen LogP contribution in [0.3, 0.4) is 0 Å². The molecule has 1 aliphatic heterocycles. The normalized spacial score (nSPS) is 17.2. The summed E-state index contributed by atoms with van der Waals surface area (Å²) in [5.41, 5.74) is 3.71. The van der Waals surface area contributed by atoms with Crippen molar-refractivity contribution in [3.05, 3.63) is 29.3 Å². The molecule has 0 spiro atoms. The number of aryl methyl sites for hydroxylation is 1. The fourth-order valence-electron chi connectivity index (χ4n) is 2.66. The van der Waals surface area contributed by atoms with Crippen molar-refractivity contribution >= 4 is 15.7 Å². The van der Waals surface area contributed by atoms with E-state index in [9.17, 15) is 8.42 Å². The number of anilines is 1. The standard InChI is InChI=1S/C15H24N2O3S/c1-13-5-3-6-15(14(13)2)16-7-9-17(10-8-16)21(19,20)12-4-11-18/h3,5-6,18H,4,7-12H2,1-2H3. The zero-order valence-corrected chi connectivity index (χ0v) is 13.6. The molecule has 1 fully saturated rings. The molecule has 21 heavy (non-hydrogen) atoms. The first-order valence-corrected chi connectivity index (χ1v) is 8.96. The summed E-state index contributed by atoms with van der Waals surface area (Å²) >= 11 is 0. The van der Waals surface area contributed by atoms with E-state index in [4.69, 9.17) is 5.11 Å². The Balaban J connectivity index is 2.02. The van der Waals surface area contributed by atoms with Crippen LogP contribution in [0, 0.1) is 13.8 Å². The lowest BCUT2D eigenvalue weighted by molar-refractivity contribution is 0.293. The predicted molar refractivity (Wildman–Crippen MR) is 85.2 cm³/mol. The summed E-state index contributed by atoms with van der Waals surface area (Å²) in [5.74, 6) is 0.0347. The number of nitrogens with zero attached hydrogens (tertiary/aromatic N) is 2. The molecule has 0 amide bonds. The van der Waals surface area contributed by atoms with Gasteiger partial charge in [0.1, 0.15) is 0 Å². The van der Waals surface area contributed by atoms with Gasteiger partial charge in [0, 0.05) is 38.5 Å². The molecule has 0 aliphatic carbocycles. The maximum atomic E-state index is 12.1. The van der Waals surface area contributed by atoms with Crippen molar-refractivity contribution in [2.24, 2.45) is 0 Å². The zero-order chi connectivity index (χ0) is 15.5. The van der Waals surface area contributed by atoms with Gasteiger partial charge in [-0.1, -0.05) is 12.1 Å². The molecule has 0 radical (unpaired) electrons. The molecule has 2 rings (SSSR count). The van der Waals surface area contributed by atoms with E-state index in [1.165, 1.54) is 16.8 Å². The lowest BCUT2D eigenvalue weighted by Gasteiger charge is -2.36. The summed E-state index contributed by atoms with van der Waals surface area (Å²) in [7, 11) is -3.22. The molecule has 1 aliphatic rings. The average molecular weight is 312 g/mol. The SMILES string of the molecule is Cc1cccc(N2CCN(S(=O)(=O)CCCO)CC2)c1C. The summed E-state index contributed by atoms with van der Waals surface area (Å²) in [6.07, 6.45) is 0.305. The molecule has 1 heterocycles. The molecule has 1 aromatic carbocycles. The predicted octanol–water partition coefficient (Wildman–Crippen LogP) is 1.14. The van der Waals surface area contributed by atoms with E-state index in [1.807, 2.05) is 6.07 Å². The van der Waals surface area contributed by atoms with Crippen LogP contribution in [-0.2, 0) is 10.0 Å². The highest BCUT2D eigenvalue weighted by atomic mass is 32.2. The Hall–Kier alpha value is -1.11. The number of sulfonamides is 1. The fourth-order valence-corrected chi connectivity index (χ4v) is 4.13. The molecule has 118 valence electrons. The smallest absolute Gasteiger partial charge is 0.214 e. The molecule has 0 saturated carbocycles. The number of hydrogen-bond acceptors (Lipinski definition) is 4. The van der Waals surface area contributed by atoms with E-state index < -0.39 is 10.0 Å². The minimum Gasteiger partial charge on any atom is -0.396 e. The van der Waals surface area contributed by atoms with Gasteiger partial charge < -0.3 is 10.0 Å². The van der Waals surface area contributed by atoms with Gasteiger partial charge in [-0.05, 0) is 37.5 Å². The Morgan fingerprint density at radius 3 is 2.43 bits per heavy atom. The Morgan fingerprint density at radius 2 is 1.81 bits per heavy atom. The second-order valence-electron chi connectivity index (χ2n) is 5.50. The maximum absolute atomic E-state index is 12.1. The van der Waals surface area contributed by atoms with Crippen LogP contribution in [-0.4, -0.2) is 56.4 Å². The number of aliphatic hydroxyl groups excluding tert-OH is 1. The zero-order valence-electron chi connectivity index (χ0n) is 12.7. The number of rotatable bonds is 5. The lowest BCUT2D eigenvalue weighted by atomic mass is 10.1. The highest BCUT2D eigenvalue weighted by molar-refractivity contribution is 7.89. The van der Waals surface area contributed by atoms with Gasteiger partial charge in [-0.15, -0.1) is 0 Å². The Morgan fingerprint density at radius 1 is 1.14 bits per heavy atom. The molecule has 0 aromatic heterocycles. The molecule has 0 unspecified atom stereocenters. The van der Waals surface area contributed by atoms with E-state index in [0.29, 0.717) is 32.6 Å². The van der Waals surface area contributed by atoms with Crippen molar-refractivity contribution in [3.8, 4) is 0 Å². The second-order valence-corrected chi connectivity index (χ2v) is 7.59. The third-order valence-electron chi connectivity index (χ3n) is 4.11. The summed E-state index contributed by atoms with van der Waals surface area (Å²) in [6, 6.07) is 6.23. The fraction of sp³-hybridized carbons (Fsp3) is 0.600. The van der Waals surface area contributed by atoms with Crippen molar-refractivity contribution < 1.29 is 13.5 Å². The Labute approximate surface area is 127 Å². The first-order chi connectivity index (χ1) is 9.95. The van der Waals surface area contributed by atoms with Crippen molar-refractivity contribution in [3.63, 3.8) is 0 Å². The molecule has 5 nitrogen and oxygen atoms in total. The molecule has 1 aromatic rings. The van der Waals surface area contributed by atoms with Crippen molar-refractivity contribution in [2.45, 2.75) is 20.3 Å². The lowest BCUT2D eigenvalue weighted by Crippen LogP contribution is -2.49. The number of benzene rings is 1. The maximum Gasteiger partial charge on any atom is 0.214 e. The summed E-state index contributed by atoms with van der Waals surface area (Å²) in [6.45, 7) is 6.57. The minimum absolute atomic E-state index is 0.0347. The molecule has 6 heteroatoms. The van der Waals surface area contributed by atoms with Crippen molar-refractivity contribution in [1.29, 1.82) is 0 Å². The third kappa shape index (κ3) is 3.75. The second kappa shape index (κ2) is 6.77. The van der Waals surface area contributed by atoms with E-state index >= 15 is 0 Å². The molecular weight excluding hydrogens is 288 g/mol. The first-order valence-electron chi connectivity index (χ1n) is 7.35. The van der Waals surface area contributed by atoms with Gasteiger partial charge in [0.05, 0.1) is 5.75 Å². The van der Waals surface area contributed by atoms with Crippen molar-refractivity contribution in [1.82, 2.24) is 4.31 Å². The third-order valence-corrected chi connectivity index (χ3v) is 6.07. The Bertz CT molecular complexity index is 579. The van der Waals surface area contributed by atoms with Gasteiger partial charge in [-0.3, -0.25) is 0 Å². The van der Waals surface area contributed by atoms with Crippen LogP contribution >= 0.6 is 0 Å². The molecule has 1 N–H and O–H groups in total. The van der Waals surface area contributed by atoms with Gasteiger partial charge in [-0.25, -0.2) is 8.42 Å². The van der Waals surface area contributed by atoms with Gasteiger partial charge in [0.2, 0.25) is 10.0 Å². The van der Waals surface area contributed by atoms with E-state index in [-0.39, 0.29) is 12.4 Å². The quantitative estimate of drug-likeness (QED) is 0.886. The van der Waals surface area contributed by atoms with Gasteiger partial charge in [-0.2, -0.15) is 4.31 Å². The van der Waals surface area contributed by atoms with E-state index in [2.05, 4.69) is 30.9 Å². The minimum atomic E-state index is -3.22. The monoisotopic (exact) mass is 312 g/mol. The van der Waals surface area contributed by atoms with Crippen LogP contribution < -0.4 is 4.90 Å². The van der Waals surface area contributed by atoms with Crippen LogP contribution in [0.2, 0.25) is 0 Å². The molecule has 1 saturated heterocycles. The molecule has 0 bridgehead atoms. The highest BCUT2D eigenvalue weighted by Crippen LogP contribution is 2.24. The van der Waals surface area contributed by atoms with Crippen LogP contribution in [0.15, 0.2) is 18.2 Å². The number of hydrogen-bond donors (Lipinski definition) is 1. The van der Waals surface area contributed by atoms with E-state index in [1.54, 1.807) is 4.31 Å². The first kappa shape index (κ1) is 16.3. The van der Waals surface area contributed by atoms with Crippen LogP contribution in [0.4, 0.5) is 5.69 Å². The highest BCUT2D eigenvalue weighted by Gasteiger charge is 2.27. The topological polar surface area (TPSA) is 60.9 Å². The average Bonchev–Trinajstić information content (AvgIpc) is 2.48. The van der Waals surface area contributed by atoms with Crippen LogP contribution in [0.5, 0.6) is 0 Å². The Kier molecular flexibility index (Phi) is 5.24.